The smallest absolute Gasteiger partial charge is 0.134 e. The molecule has 0 aliphatic rings. The Bertz CT molecular complexity index is 1170. The van der Waals surface area contributed by atoms with E-state index in [0.29, 0.717) is 42.4 Å². The Morgan fingerprint density at radius 1 is 0.512 bits per heavy atom. The largest absolute Gasteiger partial charge is 0.493 e. The summed E-state index contributed by atoms with van der Waals surface area (Å²) in [4.78, 5) is 0. The minimum Gasteiger partial charge on any atom is -0.493 e. The normalized spacial score (nSPS) is 11.1. The number of unbranched alkanes of at least 4 members (excludes halogenated alkanes) is 9. The Hall–Kier alpha value is -3.15. The van der Waals surface area contributed by atoms with Gasteiger partial charge in [0.05, 0.1) is 30.9 Å². The SMILES string of the molecule is CCCCCCOc1cc(OCCCCCC)c(-c2ccc(-c3cc(F)c(CF)c(F)c3)cc2)c(OCCCCCC)c1. The van der Waals surface area contributed by atoms with E-state index in [4.69, 9.17) is 14.2 Å². The Balaban J connectivity index is 1.95. The molecule has 0 unspecified atom stereocenters. The molecule has 0 heterocycles. The third kappa shape index (κ3) is 10.8. The van der Waals surface area contributed by atoms with Gasteiger partial charge in [0.2, 0.25) is 0 Å². The molecule has 0 saturated heterocycles. The fourth-order valence-corrected chi connectivity index (χ4v) is 5.03. The van der Waals surface area contributed by atoms with Crippen LogP contribution in [0.5, 0.6) is 17.2 Å². The average Bonchev–Trinajstić information content (AvgIpc) is 3.00. The van der Waals surface area contributed by atoms with Gasteiger partial charge in [0.15, 0.2) is 0 Å². The highest BCUT2D eigenvalue weighted by molar-refractivity contribution is 5.80. The highest BCUT2D eigenvalue weighted by Crippen LogP contribution is 2.43. The van der Waals surface area contributed by atoms with E-state index >= 15 is 0 Å². The van der Waals surface area contributed by atoms with E-state index in [9.17, 15) is 13.2 Å². The molecule has 0 aliphatic carbocycles. The van der Waals surface area contributed by atoms with Gasteiger partial charge < -0.3 is 14.2 Å². The lowest BCUT2D eigenvalue weighted by atomic mass is 9.98. The monoisotopic (exact) mass is 598 g/mol. The van der Waals surface area contributed by atoms with Crippen molar-refractivity contribution in [1.29, 1.82) is 0 Å². The molecule has 43 heavy (non-hydrogen) atoms. The van der Waals surface area contributed by atoms with Crippen LogP contribution >= 0.6 is 0 Å². The Kier molecular flexibility index (Phi) is 15.3. The van der Waals surface area contributed by atoms with E-state index in [2.05, 4.69) is 20.8 Å². The Morgan fingerprint density at radius 3 is 1.40 bits per heavy atom. The van der Waals surface area contributed by atoms with Crippen molar-refractivity contribution in [2.45, 2.75) is 104 Å². The summed E-state index contributed by atoms with van der Waals surface area (Å²) in [6.45, 7) is 7.19. The van der Waals surface area contributed by atoms with Crippen molar-refractivity contribution in [3.8, 4) is 39.5 Å². The van der Waals surface area contributed by atoms with Crippen LogP contribution in [0.1, 0.15) is 103 Å². The van der Waals surface area contributed by atoms with Gasteiger partial charge in [-0.2, -0.15) is 0 Å². The highest BCUT2D eigenvalue weighted by Gasteiger charge is 2.18. The molecule has 3 aromatic rings. The van der Waals surface area contributed by atoms with E-state index in [1.165, 1.54) is 25.0 Å². The lowest BCUT2D eigenvalue weighted by Crippen LogP contribution is -2.05. The molecule has 0 saturated carbocycles. The van der Waals surface area contributed by atoms with Gasteiger partial charge >= 0.3 is 0 Å². The molecule has 3 rings (SSSR count). The third-order valence-corrected chi connectivity index (χ3v) is 7.60. The standard InChI is InChI=1S/C37H49F3O3/c1-4-7-10-13-20-41-31-25-35(42-21-14-11-8-5-2)37(36(26-31)43-22-15-12-9-6-3)29-18-16-28(17-19-29)30-23-33(39)32(27-38)34(40)24-30/h16-19,23-26H,4-15,20-22,27H2,1-3H3. The average molecular weight is 599 g/mol. The highest BCUT2D eigenvalue weighted by atomic mass is 19.1. The quantitative estimate of drug-likeness (QED) is 0.114. The molecular formula is C37H49F3O3. The first-order valence-electron chi connectivity index (χ1n) is 16.2. The van der Waals surface area contributed by atoms with Crippen molar-refractivity contribution in [1.82, 2.24) is 0 Å². The summed E-state index contributed by atoms with van der Waals surface area (Å²) in [6.07, 6.45) is 13.2. The van der Waals surface area contributed by atoms with Gasteiger partial charge in [0.25, 0.3) is 0 Å². The molecular weight excluding hydrogens is 549 g/mol. The molecule has 0 spiro atoms. The van der Waals surface area contributed by atoms with Gasteiger partial charge in [-0.1, -0.05) is 103 Å². The van der Waals surface area contributed by atoms with E-state index in [-0.39, 0.29) is 0 Å². The molecule has 0 amide bonds. The summed E-state index contributed by atoms with van der Waals surface area (Å²) in [5.74, 6) is 0.350. The first-order chi connectivity index (χ1) is 21.0. The third-order valence-electron chi connectivity index (χ3n) is 7.60. The fraction of sp³-hybridized carbons (Fsp3) is 0.514. The number of hydrogen-bond acceptors (Lipinski definition) is 3. The second-order valence-corrected chi connectivity index (χ2v) is 11.2. The minimum atomic E-state index is -1.18. The molecule has 3 aromatic carbocycles. The van der Waals surface area contributed by atoms with Crippen LogP contribution in [0.4, 0.5) is 13.2 Å². The number of alkyl halides is 1. The molecule has 0 N–H and O–H groups in total. The summed E-state index contributed by atoms with van der Waals surface area (Å²) in [7, 11) is 0. The van der Waals surface area contributed by atoms with Gasteiger partial charge in [-0.25, -0.2) is 13.2 Å². The van der Waals surface area contributed by atoms with Crippen molar-refractivity contribution in [3.63, 3.8) is 0 Å². The molecule has 0 aromatic heterocycles. The molecule has 0 fully saturated rings. The maximum Gasteiger partial charge on any atom is 0.134 e. The summed E-state index contributed by atoms with van der Waals surface area (Å²) >= 11 is 0. The van der Waals surface area contributed by atoms with Crippen LogP contribution in [0.25, 0.3) is 22.3 Å². The van der Waals surface area contributed by atoms with Gasteiger partial charge in [-0.3, -0.25) is 0 Å². The lowest BCUT2D eigenvalue weighted by molar-refractivity contribution is 0.278. The summed E-state index contributed by atoms with van der Waals surface area (Å²) < 4.78 is 60.6. The second kappa shape index (κ2) is 19.2. The summed E-state index contributed by atoms with van der Waals surface area (Å²) in [5.41, 5.74) is 2.13. The zero-order valence-electron chi connectivity index (χ0n) is 26.3. The van der Waals surface area contributed by atoms with Crippen molar-refractivity contribution in [2.24, 2.45) is 0 Å². The van der Waals surface area contributed by atoms with E-state index in [1.54, 1.807) is 0 Å². The van der Waals surface area contributed by atoms with Gasteiger partial charge in [0, 0.05) is 12.1 Å². The molecule has 6 heteroatoms. The molecule has 236 valence electrons. The Morgan fingerprint density at radius 2 is 0.953 bits per heavy atom. The number of ether oxygens (including phenoxy) is 3. The van der Waals surface area contributed by atoms with Crippen LogP contribution in [-0.4, -0.2) is 19.8 Å². The predicted molar refractivity (Wildman–Crippen MR) is 171 cm³/mol. The first-order valence-corrected chi connectivity index (χ1v) is 16.2. The fourth-order valence-electron chi connectivity index (χ4n) is 5.03. The topological polar surface area (TPSA) is 27.7 Å². The zero-order chi connectivity index (χ0) is 30.9. The van der Waals surface area contributed by atoms with Gasteiger partial charge in [0.1, 0.15) is 35.6 Å². The van der Waals surface area contributed by atoms with E-state index in [0.717, 1.165) is 81.1 Å². The number of benzene rings is 3. The molecule has 0 radical (unpaired) electrons. The number of halogens is 3. The van der Waals surface area contributed by atoms with Crippen LogP contribution < -0.4 is 14.2 Å². The van der Waals surface area contributed by atoms with Crippen LogP contribution in [0.3, 0.4) is 0 Å². The zero-order valence-corrected chi connectivity index (χ0v) is 26.3. The number of rotatable bonds is 21. The van der Waals surface area contributed by atoms with Crippen molar-refractivity contribution < 1.29 is 27.4 Å². The summed E-state index contributed by atoms with van der Waals surface area (Å²) in [5, 5.41) is 0. The lowest BCUT2D eigenvalue weighted by Gasteiger charge is -2.19. The molecule has 0 aliphatic heterocycles. The van der Waals surface area contributed by atoms with Crippen molar-refractivity contribution in [2.75, 3.05) is 19.8 Å². The minimum absolute atomic E-state index is 0.352. The van der Waals surface area contributed by atoms with Crippen LogP contribution in [0.2, 0.25) is 0 Å². The van der Waals surface area contributed by atoms with Crippen LogP contribution in [0.15, 0.2) is 48.5 Å². The first kappa shape index (κ1) is 34.3. The number of hydrogen-bond donors (Lipinski definition) is 0. The van der Waals surface area contributed by atoms with Crippen LogP contribution in [-0.2, 0) is 6.67 Å². The van der Waals surface area contributed by atoms with Gasteiger partial charge in [-0.15, -0.1) is 0 Å². The van der Waals surface area contributed by atoms with Crippen LogP contribution in [0, 0.1) is 11.6 Å². The molecule has 0 bridgehead atoms. The van der Waals surface area contributed by atoms with Crippen molar-refractivity contribution >= 4 is 0 Å². The van der Waals surface area contributed by atoms with Gasteiger partial charge in [-0.05, 0) is 48.1 Å². The van der Waals surface area contributed by atoms with E-state index < -0.39 is 23.9 Å². The predicted octanol–water partition coefficient (Wildman–Crippen LogP) is 11.6. The summed E-state index contributed by atoms with van der Waals surface area (Å²) in [6, 6.07) is 13.7. The second-order valence-electron chi connectivity index (χ2n) is 11.2. The maximum absolute atomic E-state index is 14.3. The van der Waals surface area contributed by atoms with Crippen molar-refractivity contribution in [3.05, 3.63) is 65.7 Å². The van der Waals surface area contributed by atoms with E-state index in [1.807, 2.05) is 36.4 Å². The molecule has 0 atom stereocenters. The Labute approximate surface area is 256 Å². The maximum atomic E-state index is 14.3. The molecule has 3 nitrogen and oxygen atoms in total.